The van der Waals surface area contributed by atoms with Gasteiger partial charge in [0.2, 0.25) is 11.8 Å². The fraction of sp³-hybridized carbons (Fsp3) is 0.235. The topological polar surface area (TPSA) is 86.8 Å². The monoisotopic (exact) mass is 709 g/mol. The summed E-state index contributed by atoms with van der Waals surface area (Å²) in [5.41, 5.74) is 3.17. The van der Waals surface area contributed by atoms with Gasteiger partial charge in [0, 0.05) is 23.1 Å². The third kappa shape index (κ3) is 8.67. The van der Waals surface area contributed by atoms with Crippen LogP contribution in [0.5, 0.6) is 0 Å². The molecular formula is C34H36IN3O4S. The maximum Gasteiger partial charge on any atom is 0.264 e. The minimum atomic E-state index is -4.11. The Morgan fingerprint density at radius 1 is 0.814 bits per heavy atom. The highest BCUT2D eigenvalue weighted by atomic mass is 127. The fourth-order valence-electron chi connectivity index (χ4n) is 4.67. The number of rotatable bonds is 13. The maximum atomic E-state index is 14.4. The lowest BCUT2D eigenvalue weighted by Crippen LogP contribution is -2.53. The van der Waals surface area contributed by atoms with Crippen molar-refractivity contribution in [1.82, 2.24) is 10.2 Å². The molecule has 4 rings (SSSR count). The van der Waals surface area contributed by atoms with Crippen LogP contribution in [0.15, 0.2) is 114 Å². The summed E-state index contributed by atoms with van der Waals surface area (Å²) in [5, 5.41) is 2.96. The molecule has 1 N–H and O–H groups in total. The molecule has 224 valence electrons. The van der Waals surface area contributed by atoms with E-state index in [1.165, 1.54) is 17.0 Å². The number of carbonyl (C=O) groups is 2. The Balaban J connectivity index is 1.78. The number of anilines is 1. The molecule has 0 aromatic heterocycles. The van der Waals surface area contributed by atoms with Gasteiger partial charge in [-0.05, 0) is 83.5 Å². The van der Waals surface area contributed by atoms with Crippen LogP contribution in [0.2, 0.25) is 0 Å². The van der Waals surface area contributed by atoms with Crippen LogP contribution >= 0.6 is 22.6 Å². The lowest BCUT2D eigenvalue weighted by Gasteiger charge is -2.34. The Labute approximate surface area is 268 Å². The number of carbonyl (C=O) groups excluding carboxylic acids is 2. The van der Waals surface area contributed by atoms with E-state index in [-0.39, 0.29) is 23.8 Å². The van der Waals surface area contributed by atoms with Gasteiger partial charge in [-0.2, -0.15) is 0 Å². The number of sulfonamides is 1. The summed E-state index contributed by atoms with van der Waals surface area (Å²) in [5.74, 6) is -0.760. The zero-order valence-corrected chi connectivity index (χ0v) is 27.3. The summed E-state index contributed by atoms with van der Waals surface area (Å²) in [4.78, 5) is 29.7. The Morgan fingerprint density at radius 3 is 2.02 bits per heavy atom. The van der Waals surface area contributed by atoms with Crippen molar-refractivity contribution in [3.63, 3.8) is 0 Å². The van der Waals surface area contributed by atoms with E-state index in [0.29, 0.717) is 12.2 Å². The maximum absolute atomic E-state index is 14.4. The Morgan fingerprint density at radius 2 is 1.42 bits per heavy atom. The predicted molar refractivity (Wildman–Crippen MR) is 179 cm³/mol. The van der Waals surface area contributed by atoms with E-state index in [9.17, 15) is 18.0 Å². The molecule has 9 heteroatoms. The van der Waals surface area contributed by atoms with Crippen LogP contribution in [0.3, 0.4) is 0 Å². The van der Waals surface area contributed by atoms with Gasteiger partial charge in [-0.3, -0.25) is 13.9 Å². The van der Waals surface area contributed by atoms with Crippen LogP contribution < -0.4 is 9.62 Å². The Hall–Kier alpha value is -3.70. The normalized spacial score (nSPS) is 11.9. The molecule has 1 atom stereocenters. The lowest BCUT2D eigenvalue weighted by atomic mass is 10.0. The van der Waals surface area contributed by atoms with Gasteiger partial charge >= 0.3 is 0 Å². The number of hydrogen-bond donors (Lipinski definition) is 1. The van der Waals surface area contributed by atoms with Crippen LogP contribution in [-0.2, 0) is 32.6 Å². The number of aryl methyl sites for hydroxylation is 1. The van der Waals surface area contributed by atoms with Gasteiger partial charge in [0.25, 0.3) is 10.0 Å². The van der Waals surface area contributed by atoms with Crippen LogP contribution in [0, 0.1) is 10.5 Å². The predicted octanol–water partition coefficient (Wildman–Crippen LogP) is 5.96. The summed E-state index contributed by atoms with van der Waals surface area (Å²) in [7, 11) is -4.11. The Kier molecular flexibility index (Phi) is 11.4. The van der Waals surface area contributed by atoms with E-state index in [1.54, 1.807) is 42.5 Å². The molecule has 4 aromatic rings. The minimum Gasteiger partial charge on any atom is -0.354 e. The molecule has 2 amide bonds. The van der Waals surface area contributed by atoms with Crippen molar-refractivity contribution in [3.05, 3.63) is 129 Å². The second-order valence-electron chi connectivity index (χ2n) is 10.3. The molecule has 0 fully saturated rings. The summed E-state index contributed by atoms with van der Waals surface area (Å²) >= 11 is 2.15. The molecule has 0 heterocycles. The molecule has 0 spiro atoms. The van der Waals surface area contributed by atoms with Crippen molar-refractivity contribution < 1.29 is 18.0 Å². The summed E-state index contributed by atoms with van der Waals surface area (Å²) < 4.78 is 30.0. The number of nitrogens with zero attached hydrogens (tertiary/aromatic N) is 2. The first-order valence-corrected chi connectivity index (χ1v) is 16.7. The van der Waals surface area contributed by atoms with Gasteiger partial charge in [0.05, 0.1) is 10.6 Å². The highest BCUT2D eigenvalue weighted by Gasteiger charge is 2.34. The summed E-state index contributed by atoms with van der Waals surface area (Å²) in [6, 6.07) is 31.5. The first-order chi connectivity index (χ1) is 20.7. The third-order valence-electron chi connectivity index (χ3n) is 7.02. The second kappa shape index (κ2) is 15.2. The molecule has 43 heavy (non-hydrogen) atoms. The largest absolute Gasteiger partial charge is 0.354 e. The SMILES string of the molecule is CCCNC(=O)[C@@H](Cc1ccccc1)N(Cc1ccc(C)cc1)C(=O)CN(c1ccc(I)cc1)S(=O)(=O)c1ccccc1. The van der Waals surface area contributed by atoms with Crippen molar-refractivity contribution in [2.24, 2.45) is 0 Å². The standard InChI is InChI=1S/C34H36IN3O4S/c1-3-22-36-34(40)32(23-27-10-6-4-7-11-27)37(24-28-16-14-26(2)15-17-28)33(39)25-38(30-20-18-29(35)19-21-30)43(41,42)31-12-8-5-9-13-31/h4-21,32H,3,22-25H2,1-2H3,(H,36,40)/t32-/m1/s1. The fourth-order valence-corrected chi connectivity index (χ4v) is 6.46. The van der Waals surface area contributed by atoms with Crippen LogP contribution in [0.1, 0.15) is 30.0 Å². The molecule has 0 aliphatic heterocycles. The average Bonchev–Trinajstić information content (AvgIpc) is 3.02. The van der Waals surface area contributed by atoms with E-state index < -0.39 is 28.5 Å². The first kappa shape index (κ1) is 32.2. The highest BCUT2D eigenvalue weighted by molar-refractivity contribution is 14.1. The van der Waals surface area contributed by atoms with Crippen molar-refractivity contribution in [1.29, 1.82) is 0 Å². The van der Waals surface area contributed by atoms with Gasteiger partial charge in [0.15, 0.2) is 0 Å². The van der Waals surface area contributed by atoms with E-state index in [4.69, 9.17) is 0 Å². The highest BCUT2D eigenvalue weighted by Crippen LogP contribution is 2.26. The van der Waals surface area contributed by atoms with Gasteiger partial charge in [-0.25, -0.2) is 8.42 Å². The molecule has 7 nitrogen and oxygen atoms in total. The summed E-state index contributed by atoms with van der Waals surface area (Å²) in [6.07, 6.45) is 1.02. The average molecular weight is 710 g/mol. The Bertz CT molecular complexity index is 1600. The molecule has 0 bridgehead atoms. The van der Waals surface area contributed by atoms with Gasteiger partial charge < -0.3 is 10.2 Å². The lowest BCUT2D eigenvalue weighted by molar-refractivity contribution is -0.140. The van der Waals surface area contributed by atoms with Gasteiger partial charge in [-0.15, -0.1) is 0 Å². The molecule has 0 radical (unpaired) electrons. The molecule has 0 saturated carbocycles. The minimum absolute atomic E-state index is 0.0768. The van der Waals surface area contributed by atoms with Crippen LogP contribution in [-0.4, -0.2) is 44.3 Å². The van der Waals surface area contributed by atoms with Crippen molar-refractivity contribution >= 4 is 50.1 Å². The quantitative estimate of drug-likeness (QED) is 0.174. The first-order valence-electron chi connectivity index (χ1n) is 14.2. The van der Waals surface area contributed by atoms with E-state index in [2.05, 4.69) is 27.9 Å². The van der Waals surface area contributed by atoms with E-state index in [0.717, 1.165) is 31.0 Å². The number of benzene rings is 4. The zero-order chi connectivity index (χ0) is 30.8. The summed E-state index contributed by atoms with van der Waals surface area (Å²) in [6.45, 7) is 4.08. The van der Waals surface area contributed by atoms with Crippen molar-refractivity contribution in [3.8, 4) is 0 Å². The van der Waals surface area contributed by atoms with Crippen molar-refractivity contribution in [2.75, 3.05) is 17.4 Å². The number of hydrogen-bond acceptors (Lipinski definition) is 4. The molecule has 0 aliphatic rings. The van der Waals surface area contributed by atoms with Crippen LogP contribution in [0.25, 0.3) is 0 Å². The number of halogens is 1. The smallest absolute Gasteiger partial charge is 0.264 e. The third-order valence-corrected chi connectivity index (χ3v) is 9.53. The number of amides is 2. The molecule has 4 aromatic carbocycles. The van der Waals surface area contributed by atoms with Gasteiger partial charge in [-0.1, -0.05) is 85.3 Å². The van der Waals surface area contributed by atoms with E-state index in [1.807, 2.05) is 68.4 Å². The number of nitrogens with one attached hydrogen (secondary N) is 1. The molecule has 0 unspecified atom stereocenters. The van der Waals surface area contributed by atoms with Crippen LogP contribution in [0.4, 0.5) is 5.69 Å². The van der Waals surface area contributed by atoms with E-state index >= 15 is 0 Å². The van der Waals surface area contributed by atoms with Crippen molar-refractivity contribution in [2.45, 2.75) is 44.2 Å². The van der Waals surface area contributed by atoms with Gasteiger partial charge in [0.1, 0.15) is 12.6 Å². The molecular weight excluding hydrogens is 673 g/mol. The second-order valence-corrected chi connectivity index (χ2v) is 13.4. The zero-order valence-electron chi connectivity index (χ0n) is 24.3. The molecule has 0 saturated heterocycles. The molecule has 0 aliphatic carbocycles.